The zero-order valence-electron chi connectivity index (χ0n) is 13.8. The van der Waals surface area contributed by atoms with E-state index >= 15 is 0 Å². The van der Waals surface area contributed by atoms with Gasteiger partial charge in [0.1, 0.15) is 6.17 Å². The van der Waals surface area contributed by atoms with Crippen molar-refractivity contribution in [3.05, 3.63) is 58.6 Å². The van der Waals surface area contributed by atoms with Crippen LogP contribution in [0.15, 0.2) is 42.5 Å². The minimum absolute atomic E-state index is 0.0924. The largest absolute Gasteiger partial charge is 0.490 e. The maximum absolute atomic E-state index is 6.28. The molecule has 0 amide bonds. The fourth-order valence-electron chi connectivity index (χ4n) is 3.38. The van der Waals surface area contributed by atoms with E-state index in [2.05, 4.69) is 16.7 Å². The highest BCUT2D eigenvalue weighted by Gasteiger charge is 2.40. The number of thiocarbonyl (C=S) groups is 1. The van der Waals surface area contributed by atoms with Crippen molar-refractivity contribution in [3.63, 3.8) is 0 Å². The summed E-state index contributed by atoms with van der Waals surface area (Å²) in [5, 5.41) is 7.58. The van der Waals surface area contributed by atoms with Crippen molar-refractivity contribution in [1.29, 1.82) is 0 Å². The summed E-state index contributed by atoms with van der Waals surface area (Å²) >= 11 is 11.8. The minimum Gasteiger partial charge on any atom is -0.490 e. The van der Waals surface area contributed by atoms with Gasteiger partial charge in [-0.15, -0.1) is 0 Å². The van der Waals surface area contributed by atoms with Crippen LogP contribution in [0.3, 0.4) is 0 Å². The van der Waals surface area contributed by atoms with Crippen LogP contribution in [0.25, 0.3) is 0 Å². The third kappa shape index (κ3) is 3.19. The van der Waals surface area contributed by atoms with Crippen LogP contribution in [0.5, 0.6) is 11.5 Å². The Hall–Kier alpha value is -1.82. The van der Waals surface area contributed by atoms with Crippen LogP contribution in [0, 0.1) is 5.92 Å². The fourth-order valence-corrected chi connectivity index (χ4v) is 3.90. The number of para-hydroxylation sites is 1. The van der Waals surface area contributed by atoms with Crippen molar-refractivity contribution in [1.82, 2.24) is 10.6 Å². The highest BCUT2D eigenvalue weighted by molar-refractivity contribution is 7.80. The van der Waals surface area contributed by atoms with E-state index in [0.717, 1.165) is 34.0 Å². The number of fused-ring (bicyclic) bond motifs is 2. The van der Waals surface area contributed by atoms with Crippen LogP contribution in [0.2, 0.25) is 5.02 Å². The van der Waals surface area contributed by atoms with Crippen molar-refractivity contribution in [2.45, 2.75) is 25.7 Å². The Bertz CT molecular complexity index is 814. The van der Waals surface area contributed by atoms with E-state index in [0.29, 0.717) is 11.6 Å². The lowest BCUT2D eigenvalue weighted by molar-refractivity contribution is 0.0762. The Balaban J connectivity index is 1.62. The zero-order chi connectivity index (χ0) is 17.4. The van der Waals surface area contributed by atoms with Gasteiger partial charge in [-0.3, -0.25) is 5.32 Å². The van der Waals surface area contributed by atoms with Gasteiger partial charge >= 0.3 is 0 Å². The molecule has 4 nitrogen and oxygen atoms in total. The monoisotopic (exact) mass is 374 g/mol. The fraction of sp³-hybridized carbons (Fsp3) is 0.316. The molecule has 0 bridgehead atoms. The van der Waals surface area contributed by atoms with Crippen molar-refractivity contribution < 1.29 is 9.47 Å². The summed E-state index contributed by atoms with van der Waals surface area (Å²) in [6, 6.07) is 13.7. The standard InChI is InChI=1S/C19H19ClN2O2S/c1-2-23-15-8-4-5-11-10-14-18(24-16(11)15)21-17(22-19(14)25)12-6-3-7-13(20)9-12/h3-9,14,17-18,21H,2,10H2,1H3,(H,22,25). The molecule has 130 valence electrons. The molecule has 0 aliphatic carbocycles. The lowest BCUT2D eigenvalue weighted by atomic mass is 9.91. The van der Waals surface area contributed by atoms with Gasteiger partial charge in [0.15, 0.2) is 17.7 Å². The number of halogens is 1. The van der Waals surface area contributed by atoms with Crippen molar-refractivity contribution >= 4 is 28.8 Å². The highest BCUT2D eigenvalue weighted by Crippen LogP contribution is 2.40. The molecule has 2 heterocycles. The normalized spacial score (nSPS) is 24.6. The topological polar surface area (TPSA) is 42.5 Å². The van der Waals surface area contributed by atoms with Crippen LogP contribution < -0.4 is 20.1 Å². The number of hydrogen-bond donors (Lipinski definition) is 2. The molecule has 0 saturated carbocycles. The van der Waals surface area contributed by atoms with E-state index in [-0.39, 0.29) is 18.3 Å². The number of nitrogens with one attached hydrogen (secondary N) is 2. The van der Waals surface area contributed by atoms with Gasteiger partial charge in [0, 0.05) is 5.02 Å². The molecular formula is C19H19ClN2O2S. The molecule has 3 unspecified atom stereocenters. The van der Waals surface area contributed by atoms with Gasteiger partial charge in [-0.05, 0) is 42.7 Å². The molecule has 2 N–H and O–H groups in total. The summed E-state index contributed by atoms with van der Waals surface area (Å²) in [6.45, 7) is 2.57. The van der Waals surface area contributed by atoms with Gasteiger partial charge in [-0.2, -0.15) is 0 Å². The second-order valence-corrected chi connectivity index (χ2v) is 7.07. The quantitative estimate of drug-likeness (QED) is 0.799. The summed E-state index contributed by atoms with van der Waals surface area (Å²) in [7, 11) is 0. The van der Waals surface area contributed by atoms with E-state index in [1.54, 1.807) is 0 Å². The van der Waals surface area contributed by atoms with Gasteiger partial charge in [-0.25, -0.2) is 0 Å². The summed E-state index contributed by atoms with van der Waals surface area (Å²) in [5.74, 6) is 1.69. The number of ether oxygens (including phenoxy) is 2. The average Bonchev–Trinajstić information content (AvgIpc) is 2.61. The molecule has 2 aliphatic heterocycles. The molecule has 25 heavy (non-hydrogen) atoms. The van der Waals surface area contributed by atoms with Crippen LogP contribution in [0.4, 0.5) is 0 Å². The molecule has 1 saturated heterocycles. The molecule has 0 aromatic heterocycles. The van der Waals surface area contributed by atoms with E-state index in [9.17, 15) is 0 Å². The molecule has 1 fully saturated rings. The van der Waals surface area contributed by atoms with Crippen molar-refractivity contribution in [3.8, 4) is 11.5 Å². The summed E-state index contributed by atoms with van der Waals surface area (Å²) in [5.41, 5.74) is 2.15. The number of hydrogen-bond acceptors (Lipinski definition) is 4. The molecule has 2 aliphatic rings. The Labute approximate surface area is 157 Å². The lowest BCUT2D eigenvalue weighted by Gasteiger charge is -2.42. The van der Waals surface area contributed by atoms with Gasteiger partial charge in [0.2, 0.25) is 0 Å². The number of rotatable bonds is 3. The van der Waals surface area contributed by atoms with Gasteiger partial charge in [0.25, 0.3) is 0 Å². The van der Waals surface area contributed by atoms with Crippen LogP contribution in [-0.4, -0.2) is 17.8 Å². The Morgan fingerprint density at radius 3 is 2.92 bits per heavy atom. The Morgan fingerprint density at radius 1 is 1.28 bits per heavy atom. The van der Waals surface area contributed by atoms with Gasteiger partial charge in [-0.1, -0.05) is 48.1 Å². The molecule has 2 aromatic carbocycles. The van der Waals surface area contributed by atoms with Crippen molar-refractivity contribution in [2.75, 3.05) is 6.61 Å². The molecule has 6 heteroatoms. The smallest absolute Gasteiger partial charge is 0.166 e. The number of benzene rings is 2. The molecule has 0 radical (unpaired) electrons. The van der Waals surface area contributed by atoms with Crippen LogP contribution in [-0.2, 0) is 6.42 Å². The van der Waals surface area contributed by atoms with Gasteiger partial charge < -0.3 is 14.8 Å². The predicted molar refractivity (Wildman–Crippen MR) is 102 cm³/mol. The first-order valence-electron chi connectivity index (χ1n) is 8.39. The van der Waals surface area contributed by atoms with Crippen molar-refractivity contribution in [2.24, 2.45) is 5.92 Å². The highest BCUT2D eigenvalue weighted by atomic mass is 35.5. The first kappa shape index (κ1) is 16.6. The Kier molecular flexibility index (Phi) is 4.54. The minimum atomic E-state index is -0.202. The summed E-state index contributed by atoms with van der Waals surface area (Å²) in [4.78, 5) is 0.807. The van der Waals surface area contributed by atoms with Gasteiger partial charge in [0.05, 0.1) is 17.5 Å². The SMILES string of the molecule is CCOc1cccc2c1OC1NC(c3cccc(Cl)c3)NC(=S)C1C2. The second kappa shape index (κ2) is 6.83. The maximum Gasteiger partial charge on any atom is 0.166 e. The average molecular weight is 375 g/mol. The first-order chi connectivity index (χ1) is 12.2. The third-order valence-corrected chi connectivity index (χ3v) is 5.20. The molecule has 0 spiro atoms. The predicted octanol–water partition coefficient (Wildman–Crippen LogP) is 3.83. The summed E-state index contributed by atoms with van der Waals surface area (Å²) in [6.07, 6.45) is 0.488. The molecule has 3 atom stereocenters. The van der Waals surface area contributed by atoms with E-state index < -0.39 is 0 Å². The summed E-state index contributed by atoms with van der Waals surface area (Å²) < 4.78 is 12.0. The molecule has 2 aromatic rings. The van der Waals surface area contributed by atoms with E-state index in [1.807, 2.05) is 43.3 Å². The van der Waals surface area contributed by atoms with Crippen LogP contribution >= 0.6 is 23.8 Å². The van der Waals surface area contributed by atoms with E-state index in [1.165, 1.54) is 0 Å². The zero-order valence-corrected chi connectivity index (χ0v) is 15.4. The second-order valence-electron chi connectivity index (χ2n) is 6.19. The third-order valence-electron chi connectivity index (χ3n) is 4.55. The first-order valence-corrected chi connectivity index (χ1v) is 9.17. The Morgan fingerprint density at radius 2 is 2.12 bits per heavy atom. The lowest BCUT2D eigenvalue weighted by Crippen LogP contribution is -2.60. The molecule has 4 rings (SSSR count). The maximum atomic E-state index is 6.28. The van der Waals surface area contributed by atoms with E-state index in [4.69, 9.17) is 33.3 Å². The van der Waals surface area contributed by atoms with Crippen LogP contribution in [0.1, 0.15) is 24.2 Å². The molecular weight excluding hydrogens is 356 g/mol.